The Kier molecular flexibility index (Phi) is 5.67. The molecule has 0 radical (unpaired) electrons. The summed E-state index contributed by atoms with van der Waals surface area (Å²) in [5.41, 5.74) is 1.79. The highest BCUT2D eigenvalue weighted by Crippen LogP contribution is 2.48. The van der Waals surface area contributed by atoms with E-state index in [4.69, 9.17) is 0 Å². The van der Waals surface area contributed by atoms with Crippen molar-refractivity contribution >= 4 is 0 Å². The van der Waals surface area contributed by atoms with Crippen molar-refractivity contribution in [2.24, 2.45) is 11.8 Å². The van der Waals surface area contributed by atoms with Crippen LogP contribution in [0.3, 0.4) is 0 Å². The van der Waals surface area contributed by atoms with Gasteiger partial charge in [-0.1, -0.05) is 38.0 Å². The molecule has 0 amide bonds. The molecular weight excluding hydrogens is 412 g/mol. The van der Waals surface area contributed by atoms with Gasteiger partial charge in [-0.25, -0.2) is 17.6 Å². The van der Waals surface area contributed by atoms with Crippen molar-refractivity contribution in [2.75, 3.05) is 0 Å². The molecule has 4 heteroatoms. The van der Waals surface area contributed by atoms with Gasteiger partial charge in [-0.2, -0.15) is 0 Å². The summed E-state index contributed by atoms with van der Waals surface area (Å²) in [5, 5.41) is 0. The number of rotatable bonds is 3. The third kappa shape index (κ3) is 3.50. The molecule has 170 valence electrons. The lowest BCUT2D eigenvalue weighted by Crippen LogP contribution is -2.14. The van der Waals surface area contributed by atoms with Gasteiger partial charge in [0.1, 0.15) is 0 Å². The van der Waals surface area contributed by atoms with Gasteiger partial charge < -0.3 is 0 Å². The van der Waals surface area contributed by atoms with Crippen molar-refractivity contribution in [3.63, 3.8) is 0 Å². The minimum atomic E-state index is -1.03. The molecule has 32 heavy (non-hydrogen) atoms. The summed E-state index contributed by atoms with van der Waals surface area (Å²) in [7, 11) is 0. The molecule has 2 aromatic rings. The summed E-state index contributed by atoms with van der Waals surface area (Å²) in [6.45, 7) is 6.03. The van der Waals surface area contributed by atoms with E-state index >= 15 is 17.6 Å². The van der Waals surface area contributed by atoms with Crippen LogP contribution in [0.1, 0.15) is 92.4 Å². The molecule has 0 unspecified atom stereocenters. The van der Waals surface area contributed by atoms with Crippen molar-refractivity contribution in [3.8, 4) is 11.1 Å². The maximum absolute atomic E-state index is 15.3. The molecule has 0 N–H and O–H groups in total. The summed E-state index contributed by atoms with van der Waals surface area (Å²) in [5.74, 6) is -2.85. The van der Waals surface area contributed by atoms with Crippen molar-refractivity contribution in [3.05, 3.63) is 70.3 Å². The van der Waals surface area contributed by atoms with Crippen LogP contribution >= 0.6 is 0 Å². The van der Waals surface area contributed by atoms with E-state index in [1.165, 1.54) is 0 Å². The minimum absolute atomic E-state index is 0.00750. The molecule has 5 rings (SSSR count). The fourth-order valence-corrected chi connectivity index (χ4v) is 6.26. The van der Waals surface area contributed by atoms with Crippen molar-refractivity contribution in [1.82, 2.24) is 0 Å². The molecule has 0 saturated heterocycles. The molecule has 3 aliphatic carbocycles. The largest absolute Gasteiger partial charge is 0.203 e. The summed E-state index contributed by atoms with van der Waals surface area (Å²) in [6, 6.07) is 3.44. The average molecular weight is 443 g/mol. The molecule has 0 nitrogen and oxygen atoms in total. The van der Waals surface area contributed by atoms with Crippen LogP contribution in [0, 0.1) is 35.1 Å². The van der Waals surface area contributed by atoms with Crippen LogP contribution in [-0.2, 0) is 6.42 Å². The average Bonchev–Trinajstić information content (AvgIpc) is 3.18. The summed E-state index contributed by atoms with van der Waals surface area (Å²) < 4.78 is 60.8. The predicted molar refractivity (Wildman–Crippen MR) is 120 cm³/mol. The first-order chi connectivity index (χ1) is 15.4. The smallest absolute Gasteiger partial charge is 0.167 e. The molecule has 0 bridgehead atoms. The SMILES string of the molecule is C=CC1CCC(c2cc3c(c(F)c2F)-c2c(cc(C4CCC(C)CC4)c(F)c2F)C3)CC1. The summed E-state index contributed by atoms with van der Waals surface area (Å²) in [4.78, 5) is 0. The third-order valence-corrected chi connectivity index (χ3v) is 8.26. The minimum Gasteiger partial charge on any atom is -0.203 e. The number of benzene rings is 2. The second-order valence-corrected chi connectivity index (χ2v) is 10.2. The molecule has 0 heterocycles. The van der Waals surface area contributed by atoms with E-state index in [1.807, 2.05) is 6.08 Å². The normalized spacial score (nSPS) is 27.2. The quantitative estimate of drug-likeness (QED) is 0.281. The molecule has 2 saturated carbocycles. The van der Waals surface area contributed by atoms with Crippen molar-refractivity contribution in [2.45, 2.75) is 76.5 Å². The second kappa shape index (κ2) is 8.35. The Labute approximate surface area is 187 Å². The Morgan fingerprint density at radius 2 is 1.12 bits per heavy atom. The fraction of sp³-hybridized carbons (Fsp3) is 0.500. The lowest BCUT2D eigenvalue weighted by Gasteiger charge is -2.28. The Morgan fingerprint density at radius 3 is 1.56 bits per heavy atom. The van der Waals surface area contributed by atoms with Crippen LogP contribution < -0.4 is 0 Å². The monoisotopic (exact) mass is 442 g/mol. The highest BCUT2D eigenvalue weighted by atomic mass is 19.2. The van der Waals surface area contributed by atoms with E-state index in [2.05, 4.69) is 13.5 Å². The topological polar surface area (TPSA) is 0 Å². The van der Waals surface area contributed by atoms with E-state index < -0.39 is 23.3 Å². The maximum Gasteiger partial charge on any atom is 0.167 e. The first-order valence-electron chi connectivity index (χ1n) is 12.0. The molecule has 3 aliphatic rings. The number of fused-ring (bicyclic) bond motifs is 3. The van der Waals surface area contributed by atoms with Crippen molar-refractivity contribution < 1.29 is 17.6 Å². The van der Waals surface area contributed by atoms with Gasteiger partial charge in [-0.05, 0) is 90.9 Å². The molecule has 0 atom stereocenters. The maximum atomic E-state index is 15.3. The van der Waals surface area contributed by atoms with Crippen LogP contribution in [0.25, 0.3) is 11.1 Å². The number of halogens is 4. The van der Waals surface area contributed by atoms with E-state index in [9.17, 15) is 0 Å². The molecule has 0 aliphatic heterocycles. The van der Waals surface area contributed by atoms with E-state index in [1.54, 1.807) is 12.1 Å². The molecular formula is C28H30F4. The van der Waals surface area contributed by atoms with Crippen LogP contribution in [-0.4, -0.2) is 0 Å². The van der Waals surface area contributed by atoms with Gasteiger partial charge >= 0.3 is 0 Å². The lowest BCUT2D eigenvalue weighted by molar-refractivity contribution is 0.339. The fourth-order valence-electron chi connectivity index (χ4n) is 6.26. The van der Waals surface area contributed by atoms with Gasteiger partial charge in [0.05, 0.1) is 0 Å². The molecule has 0 spiro atoms. The van der Waals surface area contributed by atoms with Crippen molar-refractivity contribution in [1.29, 1.82) is 0 Å². The van der Waals surface area contributed by atoms with Gasteiger partial charge in [0, 0.05) is 11.1 Å². The predicted octanol–water partition coefficient (Wildman–Crippen LogP) is 8.57. The van der Waals surface area contributed by atoms with E-state index in [-0.39, 0.29) is 23.0 Å². The Bertz CT molecular complexity index is 1050. The zero-order valence-electron chi connectivity index (χ0n) is 18.6. The summed E-state index contributed by atoms with van der Waals surface area (Å²) >= 11 is 0. The van der Waals surface area contributed by atoms with Crippen LogP contribution in [0.2, 0.25) is 0 Å². The standard InChI is InChI=1S/C28H30F4/c1-3-16-6-10-18(11-7-16)22-14-20-12-19-13-21(17-8-4-15(2)5-9-17)25(29)27(31)23(19)24(20)28(32)26(22)30/h3,13-18H,1,4-12H2,2H3. The number of hydrogen-bond donors (Lipinski definition) is 0. The van der Waals surface area contributed by atoms with E-state index in [0.717, 1.165) is 51.4 Å². The highest BCUT2D eigenvalue weighted by molar-refractivity contribution is 5.79. The molecule has 2 aromatic carbocycles. The zero-order chi connectivity index (χ0) is 22.6. The Hall–Kier alpha value is -2.10. The van der Waals surface area contributed by atoms with Crippen LogP contribution in [0.15, 0.2) is 24.8 Å². The second-order valence-electron chi connectivity index (χ2n) is 10.2. The van der Waals surface area contributed by atoms with Gasteiger partial charge in [0.15, 0.2) is 23.3 Å². The molecule has 2 fully saturated rings. The Balaban J connectivity index is 1.52. The van der Waals surface area contributed by atoms with Gasteiger partial charge in [0.25, 0.3) is 0 Å². The van der Waals surface area contributed by atoms with Gasteiger partial charge in [-0.15, -0.1) is 6.58 Å². The van der Waals surface area contributed by atoms with Gasteiger partial charge in [-0.3, -0.25) is 0 Å². The lowest BCUT2D eigenvalue weighted by atomic mass is 9.78. The number of allylic oxidation sites excluding steroid dienone is 1. The van der Waals surface area contributed by atoms with E-state index in [0.29, 0.717) is 40.5 Å². The highest BCUT2D eigenvalue weighted by Gasteiger charge is 2.35. The Morgan fingerprint density at radius 1 is 0.688 bits per heavy atom. The number of hydrogen-bond acceptors (Lipinski definition) is 0. The third-order valence-electron chi connectivity index (χ3n) is 8.26. The van der Waals surface area contributed by atoms with Crippen LogP contribution in [0.5, 0.6) is 0 Å². The first-order valence-corrected chi connectivity index (χ1v) is 12.0. The molecule has 0 aromatic heterocycles. The summed E-state index contributed by atoms with van der Waals surface area (Å²) in [6.07, 6.45) is 9.33. The van der Waals surface area contributed by atoms with Crippen LogP contribution in [0.4, 0.5) is 17.6 Å². The zero-order valence-corrected chi connectivity index (χ0v) is 18.6. The first kappa shape index (κ1) is 21.7. The van der Waals surface area contributed by atoms with Gasteiger partial charge in [0.2, 0.25) is 0 Å².